The summed E-state index contributed by atoms with van der Waals surface area (Å²) in [5.74, 6) is 0.356. The monoisotopic (exact) mass is 330 g/mol. The molecule has 1 aliphatic carbocycles. The fraction of sp³-hybridized carbons (Fsp3) is 0.556. The molecule has 3 fully saturated rings. The van der Waals surface area contributed by atoms with Crippen molar-refractivity contribution in [1.29, 1.82) is 0 Å². The second-order valence-electron chi connectivity index (χ2n) is 6.69. The van der Waals surface area contributed by atoms with Gasteiger partial charge in [0.05, 0.1) is 32.2 Å². The molecule has 0 unspecified atom stereocenters. The quantitative estimate of drug-likeness (QED) is 0.846. The molecule has 1 saturated carbocycles. The fourth-order valence-corrected chi connectivity index (χ4v) is 3.78. The number of ether oxygens (including phenoxy) is 1. The number of carbonyl (C=O) groups is 2. The van der Waals surface area contributed by atoms with Crippen LogP contribution in [0.3, 0.4) is 0 Å². The summed E-state index contributed by atoms with van der Waals surface area (Å²) in [4.78, 5) is 32.9. The number of rotatable bonds is 4. The van der Waals surface area contributed by atoms with Gasteiger partial charge in [0.2, 0.25) is 5.91 Å². The van der Waals surface area contributed by atoms with Gasteiger partial charge in [-0.05, 0) is 37.0 Å². The molecule has 2 atom stereocenters. The summed E-state index contributed by atoms with van der Waals surface area (Å²) in [5.41, 5.74) is 0.963. The van der Waals surface area contributed by atoms with E-state index < -0.39 is 0 Å². The average Bonchev–Trinajstić information content (AvgIpc) is 3.16. The second kappa shape index (κ2) is 6.09. The van der Waals surface area contributed by atoms with Crippen LogP contribution in [0.15, 0.2) is 24.3 Å². The molecular weight excluding hydrogens is 308 g/mol. The van der Waals surface area contributed by atoms with E-state index in [9.17, 15) is 9.59 Å². The van der Waals surface area contributed by atoms with Crippen LogP contribution in [0, 0.1) is 5.92 Å². The van der Waals surface area contributed by atoms with Crippen molar-refractivity contribution in [2.75, 3.05) is 20.3 Å². The lowest BCUT2D eigenvalue weighted by Gasteiger charge is -2.30. The minimum absolute atomic E-state index is 0.0721. The number of carbonyl (C=O) groups excluding carboxylic acids is 2. The van der Waals surface area contributed by atoms with Gasteiger partial charge < -0.3 is 9.64 Å². The first-order chi connectivity index (χ1) is 11.7. The molecule has 0 bridgehead atoms. The summed E-state index contributed by atoms with van der Waals surface area (Å²) in [6, 6.07) is 7.75. The van der Waals surface area contributed by atoms with Crippen LogP contribution in [0.25, 0.3) is 0 Å². The number of likely N-dealkylation sites (tertiary alicyclic amines) is 1. The van der Waals surface area contributed by atoms with E-state index in [1.54, 1.807) is 7.11 Å². The van der Waals surface area contributed by atoms with Crippen LogP contribution in [0.5, 0.6) is 5.75 Å². The van der Waals surface area contributed by atoms with Gasteiger partial charge in [-0.2, -0.15) is 0 Å². The number of methoxy groups -OCH3 is 1. The van der Waals surface area contributed by atoms with Crippen molar-refractivity contribution in [2.45, 2.75) is 37.8 Å². The topological polar surface area (TPSA) is 59.1 Å². The Morgan fingerprint density at radius 1 is 1.33 bits per heavy atom. The average molecular weight is 330 g/mol. The molecule has 128 valence electrons. The zero-order valence-corrected chi connectivity index (χ0v) is 13.8. The number of hydrogen-bond acceptors (Lipinski definition) is 4. The molecule has 1 aromatic carbocycles. The van der Waals surface area contributed by atoms with Crippen molar-refractivity contribution in [3.63, 3.8) is 0 Å². The van der Waals surface area contributed by atoms with Crippen LogP contribution < -0.4 is 4.74 Å². The van der Waals surface area contributed by atoms with E-state index in [1.807, 2.05) is 29.2 Å². The maximum atomic E-state index is 12.9. The molecule has 2 amide bonds. The van der Waals surface area contributed by atoms with Crippen molar-refractivity contribution in [2.24, 2.45) is 5.92 Å². The molecule has 0 radical (unpaired) electrons. The molecule has 3 aliphatic rings. The predicted octanol–water partition coefficient (Wildman–Crippen LogP) is 1.91. The molecule has 4 rings (SSSR count). The molecule has 0 spiro atoms. The van der Waals surface area contributed by atoms with Crippen molar-refractivity contribution >= 4 is 11.8 Å². The molecule has 6 heteroatoms. The van der Waals surface area contributed by atoms with Crippen molar-refractivity contribution in [3.05, 3.63) is 29.8 Å². The van der Waals surface area contributed by atoms with Gasteiger partial charge in [0, 0.05) is 12.5 Å². The largest absolute Gasteiger partial charge is 0.497 e. The normalized spacial score (nSPS) is 27.0. The van der Waals surface area contributed by atoms with E-state index in [0.29, 0.717) is 13.2 Å². The van der Waals surface area contributed by atoms with Crippen LogP contribution in [0.4, 0.5) is 0 Å². The molecule has 2 saturated heterocycles. The molecule has 1 aromatic rings. The van der Waals surface area contributed by atoms with Gasteiger partial charge in [-0.15, -0.1) is 0 Å². The maximum absolute atomic E-state index is 12.9. The highest BCUT2D eigenvalue weighted by Crippen LogP contribution is 2.46. The molecule has 24 heavy (non-hydrogen) atoms. The molecule has 2 heterocycles. The van der Waals surface area contributed by atoms with Gasteiger partial charge in [0.15, 0.2) is 0 Å². The fourth-order valence-electron chi connectivity index (χ4n) is 3.78. The zero-order valence-electron chi connectivity index (χ0n) is 13.8. The van der Waals surface area contributed by atoms with Crippen molar-refractivity contribution in [1.82, 2.24) is 9.96 Å². The highest BCUT2D eigenvalue weighted by molar-refractivity contribution is 5.90. The van der Waals surface area contributed by atoms with E-state index in [1.165, 1.54) is 5.06 Å². The maximum Gasteiger partial charge on any atom is 0.252 e. The molecule has 2 aliphatic heterocycles. The lowest BCUT2D eigenvalue weighted by molar-refractivity contribution is -0.174. The Morgan fingerprint density at radius 3 is 2.83 bits per heavy atom. The molecule has 6 nitrogen and oxygen atoms in total. The van der Waals surface area contributed by atoms with Gasteiger partial charge in [-0.3, -0.25) is 14.4 Å². The number of nitrogens with zero attached hydrogens (tertiary/aromatic N) is 2. The smallest absolute Gasteiger partial charge is 0.252 e. The van der Waals surface area contributed by atoms with Crippen LogP contribution in [-0.2, 0) is 14.4 Å². The number of benzene rings is 1. The lowest BCUT2D eigenvalue weighted by Crippen LogP contribution is -2.37. The first kappa shape index (κ1) is 15.4. The third kappa shape index (κ3) is 2.65. The minimum Gasteiger partial charge on any atom is -0.497 e. The Kier molecular flexibility index (Phi) is 3.92. The van der Waals surface area contributed by atoms with Gasteiger partial charge in [-0.25, -0.2) is 5.06 Å². The van der Waals surface area contributed by atoms with Crippen LogP contribution >= 0.6 is 0 Å². The first-order valence-corrected chi connectivity index (χ1v) is 8.58. The summed E-state index contributed by atoms with van der Waals surface area (Å²) in [7, 11) is 1.62. The summed E-state index contributed by atoms with van der Waals surface area (Å²) in [5, 5.41) is 1.45. The third-order valence-electron chi connectivity index (χ3n) is 5.05. The van der Waals surface area contributed by atoms with Crippen LogP contribution in [-0.4, -0.2) is 48.1 Å². The van der Waals surface area contributed by atoms with E-state index in [0.717, 1.165) is 30.6 Å². The molecule has 0 aromatic heterocycles. The Hall–Kier alpha value is -2.08. The van der Waals surface area contributed by atoms with Gasteiger partial charge >= 0.3 is 0 Å². The highest BCUT2D eigenvalue weighted by atomic mass is 16.7. The SMILES string of the molecule is COc1cccc([C@@H]2[C@@H](C(=O)N3CCCO3)CC(=O)N2C2CC2)c1. The first-order valence-electron chi connectivity index (χ1n) is 8.58. The zero-order chi connectivity index (χ0) is 16.7. The van der Waals surface area contributed by atoms with E-state index >= 15 is 0 Å². The highest BCUT2D eigenvalue weighted by Gasteiger charge is 2.51. The van der Waals surface area contributed by atoms with Crippen LogP contribution in [0.2, 0.25) is 0 Å². The summed E-state index contributed by atoms with van der Waals surface area (Å²) >= 11 is 0. The Labute approximate surface area is 141 Å². The lowest BCUT2D eigenvalue weighted by atomic mass is 9.92. The summed E-state index contributed by atoms with van der Waals surface area (Å²) in [6.45, 7) is 1.18. The number of hydrogen-bond donors (Lipinski definition) is 0. The molecular formula is C18H22N2O4. The number of hydroxylamine groups is 2. The third-order valence-corrected chi connectivity index (χ3v) is 5.05. The Morgan fingerprint density at radius 2 is 2.17 bits per heavy atom. The van der Waals surface area contributed by atoms with E-state index in [2.05, 4.69) is 0 Å². The van der Waals surface area contributed by atoms with Crippen molar-refractivity contribution in [3.8, 4) is 5.75 Å². The Balaban J connectivity index is 1.68. The van der Waals surface area contributed by atoms with E-state index in [4.69, 9.17) is 9.57 Å². The number of amides is 2. The molecule has 0 N–H and O–H groups in total. The van der Waals surface area contributed by atoms with Gasteiger partial charge in [-0.1, -0.05) is 12.1 Å². The van der Waals surface area contributed by atoms with Gasteiger partial charge in [0.1, 0.15) is 5.75 Å². The summed E-state index contributed by atoms with van der Waals surface area (Å²) < 4.78 is 5.32. The van der Waals surface area contributed by atoms with E-state index in [-0.39, 0.29) is 36.2 Å². The Bertz CT molecular complexity index is 652. The summed E-state index contributed by atoms with van der Waals surface area (Å²) in [6.07, 6.45) is 3.15. The predicted molar refractivity (Wildman–Crippen MR) is 86.0 cm³/mol. The minimum atomic E-state index is -0.386. The van der Waals surface area contributed by atoms with Gasteiger partial charge in [0.25, 0.3) is 5.91 Å². The second-order valence-corrected chi connectivity index (χ2v) is 6.69. The standard InChI is InChI=1S/C18H22N2O4/c1-23-14-5-2-4-12(10-14)17-15(18(22)19-8-3-9-24-19)11-16(21)20(17)13-6-7-13/h2,4-5,10,13,15,17H,3,6-9,11H2,1H3/t15-,17+/m0/s1. The van der Waals surface area contributed by atoms with Crippen molar-refractivity contribution < 1.29 is 19.2 Å². The van der Waals surface area contributed by atoms with Crippen LogP contribution in [0.1, 0.15) is 37.3 Å².